The number of thioether (sulfide) groups is 1. The molecule has 23 heavy (non-hydrogen) atoms. The van der Waals surface area contributed by atoms with Crippen LogP contribution in [0.5, 0.6) is 11.5 Å². The van der Waals surface area contributed by atoms with Crippen molar-refractivity contribution >= 4 is 19.4 Å². The van der Waals surface area contributed by atoms with E-state index in [1.54, 1.807) is 36.0 Å². The van der Waals surface area contributed by atoms with Gasteiger partial charge in [0.25, 0.3) is 0 Å². The fourth-order valence-corrected chi connectivity index (χ4v) is 5.18. The molecule has 0 N–H and O–H groups in total. The Kier molecular flexibility index (Phi) is 7.07. The lowest BCUT2D eigenvalue weighted by atomic mass is 10.3. The van der Waals surface area contributed by atoms with Crippen LogP contribution in [0.2, 0.25) is 0 Å². The van der Waals surface area contributed by atoms with Gasteiger partial charge in [-0.15, -0.1) is 11.8 Å². The Labute approximate surface area is 142 Å². The average Bonchev–Trinajstić information content (AvgIpc) is 2.56. The molecule has 0 aliphatic rings. The maximum absolute atomic E-state index is 13.4. The Bertz CT molecular complexity index is 573. The summed E-state index contributed by atoms with van der Waals surface area (Å²) in [6, 6.07) is 18.4. The minimum absolute atomic E-state index is 0.241. The smallest absolute Gasteiger partial charge is 0.415 e. The van der Waals surface area contributed by atoms with Crippen LogP contribution in [0.3, 0.4) is 0 Å². The second kappa shape index (κ2) is 9.05. The maximum atomic E-state index is 13.4. The van der Waals surface area contributed by atoms with Gasteiger partial charge in [-0.05, 0) is 43.4 Å². The molecule has 2 aromatic carbocycles. The van der Waals surface area contributed by atoms with Gasteiger partial charge < -0.3 is 9.05 Å². The van der Waals surface area contributed by atoms with Crippen molar-refractivity contribution in [2.75, 3.05) is 5.75 Å². The summed E-state index contributed by atoms with van der Waals surface area (Å²) in [5.41, 5.74) is 0. The number of unbranched alkanes of at least 4 members (excludes halogenated alkanes) is 1. The van der Waals surface area contributed by atoms with E-state index < -0.39 is 7.60 Å². The standard InChI is InChI=1S/C18H23O3PS/c1-3-4-15-23-16(2)22(19,20-17-11-7-5-8-12-17)21-18-13-9-6-10-14-18/h5-14,16H,3-4,15H2,1-2H3. The topological polar surface area (TPSA) is 35.5 Å². The Hall–Kier alpha value is -1.38. The minimum Gasteiger partial charge on any atom is -0.415 e. The van der Waals surface area contributed by atoms with Gasteiger partial charge in [-0.1, -0.05) is 49.7 Å². The molecule has 0 bridgehead atoms. The van der Waals surface area contributed by atoms with Gasteiger partial charge in [0, 0.05) is 0 Å². The molecule has 1 atom stereocenters. The molecule has 0 aliphatic heterocycles. The Morgan fingerprint density at radius 3 is 1.87 bits per heavy atom. The van der Waals surface area contributed by atoms with Gasteiger partial charge in [-0.25, -0.2) is 4.57 Å². The molecule has 0 radical (unpaired) electrons. The molecule has 0 fully saturated rings. The lowest BCUT2D eigenvalue weighted by Gasteiger charge is -2.24. The van der Waals surface area contributed by atoms with E-state index >= 15 is 0 Å². The second-order valence-corrected chi connectivity index (χ2v) is 9.19. The molecule has 1 unspecified atom stereocenters. The zero-order chi connectivity index (χ0) is 16.5. The first-order valence-corrected chi connectivity index (χ1v) is 10.5. The normalized spacial score (nSPS) is 12.6. The van der Waals surface area contributed by atoms with Crippen molar-refractivity contribution in [1.29, 1.82) is 0 Å². The van der Waals surface area contributed by atoms with Crippen molar-refractivity contribution in [3.63, 3.8) is 0 Å². The Balaban J connectivity index is 2.17. The molecule has 5 heteroatoms. The molecule has 0 saturated carbocycles. The van der Waals surface area contributed by atoms with E-state index in [2.05, 4.69) is 6.92 Å². The molecule has 3 nitrogen and oxygen atoms in total. The van der Waals surface area contributed by atoms with E-state index in [-0.39, 0.29) is 4.99 Å². The van der Waals surface area contributed by atoms with Crippen LogP contribution in [0.4, 0.5) is 0 Å². The van der Waals surface area contributed by atoms with Crippen molar-refractivity contribution in [2.24, 2.45) is 0 Å². The summed E-state index contributed by atoms with van der Waals surface area (Å²) in [6.45, 7) is 4.05. The SMILES string of the molecule is CCCCSC(C)P(=O)(Oc1ccccc1)Oc1ccccc1. The summed E-state index contributed by atoms with van der Waals surface area (Å²) in [7, 11) is -3.33. The summed E-state index contributed by atoms with van der Waals surface area (Å²) in [6.07, 6.45) is 2.20. The minimum atomic E-state index is -3.33. The van der Waals surface area contributed by atoms with Gasteiger partial charge in [0.1, 0.15) is 16.5 Å². The summed E-state index contributed by atoms with van der Waals surface area (Å²) in [4.78, 5) is -0.241. The number of benzene rings is 2. The Morgan fingerprint density at radius 2 is 1.43 bits per heavy atom. The molecule has 0 amide bonds. The van der Waals surface area contributed by atoms with Crippen molar-refractivity contribution in [2.45, 2.75) is 31.7 Å². The highest BCUT2D eigenvalue weighted by Gasteiger charge is 2.36. The lowest BCUT2D eigenvalue weighted by molar-refractivity contribution is 0.384. The highest BCUT2D eigenvalue weighted by atomic mass is 32.2. The molecular weight excluding hydrogens is 327 g/mol. The first-order chi connectivity index (χ1) is 11.1. The van der Waals surface area contributed by atoms with E-state index in [9.17, 15) is 4.57 Å². The number of hydrogen-bond acceptors (Lipinski definition) is 4. The van der Waals surface area contributed by atoms with Crippen LogP contribution >= 0.6 is 19.4 Å². The van der Waals surface area contributed by atoms with Crippen LogP contribution < -0.4 is 9.05 Å². The summed E-state index contributed by atoms with van der Waals surface area (Å²) in [5.74, 6) is 2.07. The summed E-state index contributed by atoms with van der Waals surface area (Å²) in [5, 5.41) is 0. The van der Waals surface area contributed by atoms with Gasteiger partial charge in [-0.2, -0.15) is 0 Å². The van der Waals surface area contributed by atoms with E-state index in [4.69, 9.17) is 9.05 Å². The van der Waals surface area contributed by atoms with Crippen molar-refractivity contribution < 1.29 is 13.6 Å². The highest BCUT2D eigenvalue weighted by Crippen LogP contribution is 2.56. The molecule has 0 heterocycles. The van der Waals surface area contributed by atoms with Gasteiger partial charge in [0.2, 0.25) is 0 Å². The monoisotopic (exact) mass is 350 g/mol. The van der Waals surface area contributed by atoms with Gasteiger partial charge in [-0.3, -0.25) is 0 Å². The third-order valence-corrected chi connectivity index (χ3v) is 7.30. The van der Waals surface area contributed by atoms with Gasteiger partial charge in [0.15, 0.2) is 0 Å². The van der Waals surface area contributed by atoms with Crippen LogP contribution in [-0.2, 0) is 4.57 Å². The highest BCUT2D eigenvalue weighted by molar-refractivity contribution is 8.05. The molecule has 124 valence electrons. The largest absolute Gasteiger partial charge is 0.443 e. The van der Waals surface area contributed by atoms with Crippen molar-refractivity contribution in [3.05, 3.63) is 60.7 Å². The fourth-order valence-electron chi connectivity index (χ4n) is 1.91. The third-order valence-electron chi connectivity index (χ3n) is 3.25. The predicted octanol–water partition coefficient (Wildman–Crippen LogP) is 6.22. The van der Waals surface area contributed by atoms with Crippen LogP contribution in [-0.4, -0.2) is 10.7 Å². The molecule has 0 aliphatic carbocycles. The summed E-state index contributed by atoms with van der Waals surface area (Å²) < 4.78 is 25.0. The molecule has 0 saturated heterocycles. The van der Waals surface area contributed by atoms with Gasteiger partial charge >= 0.3 is 7.60 Å². The number of para-hydroxylation sites is 2. The van der Waals surface area contributed by atoms with Gasteiger partial charge in [0.05, 0.1) is 0 Å². The molecule has 0 aromatic heterocycles. The van der Waals surface area contributed by atoms with Crippen molar-refractivity contribution in [1.82, 2.24) is 0 Å². The predicted molar refractivity (Wildman–Crippen MR) is 98.6 cm³/mol. The molecule has 0 spiro atoms. The van der Waals surface area contributed by atoms with Crippen LogP contribution in [0.1, 0.15) is 26.7 Å². The Morgan fingerprint density at radius 1 is 0.957 bits per heavy atom. The van der Waals surface area contributed by atoms with E-state index in [0.717, 1.165) is 18.6 Å². The summed E-state index contributed by atoms with van der Waals surface area (Å²) >= 11 is 1.63. The third kappa shape index (κ3) is 5.63. The van der Waals surface area contributed by atoms with Crippen molar-refractivity contribution in [3.8, 4) is 11.5 Å². The zero-order valence-corrected chi connectivity index (χ0v) is 15.3. The van der Waals surface area contributed by atoms with Crippen LogP contribution in [0.15, 0.2) is 60.7 Å². The second-order valence-electron chi connectivity index (χ2n) is 5.17. The molecule has 2 aromatic rings. The quantitative estimate of drug-likeness (QED) is 0.397. The molecular formula is C18H23O3PS. The molecule has 2 rings (SSSR count). The zero-order valence-electron chi connectivity index (χ0n) is 13.6. The number of hydrogen-bond donors (Lipinski definition) is 0. The lowest BCUT2D eigenvalue weighted by Crippen LogP contribution is -2.11. The van der Waals surface area contributed by atoms with Crippen LogP contribution in [0.25, 0.3) is 0 Å². The maximum Gasteiger partial charge on any atom is 0.443 e. The van der Waals surface area contributed by atoms with E-state index in [1.807, 2.05) is 43.3 Å². The number of rotatable bonds is 9. The average molecular weight is 350 g/mol. The van der Waals surface area contributed by atoms with E-state index in [0.29, 0.717) is 11.5 Å². The first-order valence-electron chi connectivity index (χ1n) is 7.84. The fraction of sp³-hybridized carbons (Fsp3) is 0.333. The van der Waals surface area contributed by atoms with E-state index in [1.165, 1.54) is 0 Å². The van der Waals surface area contributed by atoms with Crippen LogP contribution in [0, 0.1) is 0 Å². The first kappa shape index (κ1) is 18.0.